The fourth-order valence-corrected chi connectivity index (χ4v) is 3.25. The summed E-state index contributed by atoms with van der Waals surface area (Å²) in [5, 5.41) is 10.0. The summed E-state index contributed by atoms with van der Waals surface area (Å²) in [6.07, 6.45) is 2.29. The van der Waals surface area contributed by atoms with E-state index in [9.17, 15) is 0 Å². The van der Waals surface area contributed by atoms with E-state index in [2.05, 4.69) is 38.8 Å². The molecule has 0 amide bonds. The molecule has 2 atom stereocenters. The molecule has 0 aromatic carbocycles. The van der Waals surface area contributed by atoms with Crippen LogP contribution in [0.5, 0.6) is 0 Å². The van der Waals surface area contributed by atoms with Crippen molar-refractivity contribution < 1.29 is 9.47 Å². The van der Waals surface area contributed by atoms with Gasteiger partial charge in [0, 0.05) is 26.2 Å². The molecule has 0 N–H and O–H groups in total. The fraction of sp³-hybridized carbons (Fsp3) is 0.769. The monoisotopic (exact) mass is 311 g/mol. The lowest BCUT2D eigenvalue weighted by Crippen LogP contribution is -2.45. The van der Waals surface area contributed by atoms with E-state index in [0.29, 0.717) is 5.13 Å². The number of rotatable bonds is 3. The van der Waals surface area contributed by atoms with E-state index in [4.69, 9.17) is 9.47 Å². The Balaban J connectivity index is 1.61. The minimum absolute atomic E-state index is 0.220. The second-order valence-electron chi connectivity index (χ2n) is 5.42. The van der Waals surface area contributed by atoms with Crippen molar-refractivity contribution in [1.29, 1.82) is 0 Å². The van der Waals surface area contributed by atoms with Crippen molar-refractivity contribution in [1.82, 2.24) is 15.1 Å². The maximum absolute atomic E-state index is 5.74. The number of morpholine rings is 2. The molecule has 2 aliphatic rings. The van der Waals surface area contributed by atoms with Crippen molar-refractivity contribution in [3.05, 3.63) is 0 Å². The highest BCUT2D eigenvalue weighted by molar-refractivity contribution is 7.18. The van der Waals surface area contributed by atoms with E-state index in [-0.39, 0.29) is 12.2 Å². The summed E-state index contributed by atoms with van der Waals surface area (Å²) in [5.74, 6) is 0. The van der Waals surface area contributed by atoms with Crippen LogP contribution >= 0.6 is 11.3 Å². The molecule has 0 saturated carbocycles. The summed E-state index contributed by atoms with van der Waals surface area (Å²) < 4.78 is 11.0. The van der Waals surface area contributed by atoms with Crippen molar-refractivity contribution in [2.45, 2.75) is 26.1 Å². The lowest BCUT2D eigenvalue weighted by Gasteiger charge is -2.34. The summed E-state index contributed by atoms with van der Waals surface area (Å²) in [6, 6.07) is 0. The van der Waals surface area contributed by atoms with E-state index in [1.165, 1.54) is 11.3 Å². The van der Waals surface area contributed by atoms with Crippen molar-refractivity contribution in [3.8, 4) is 0 Å². The second kappa shape index (κ2) is 6.67. The van der Waals surface area contributed by atoms with E-state index >= 15 is 0 Å². The van der Waals surface area contributed by atoms with Gasteiger partial charge in [0.15, 0.2) is 0 Å². The van der Waals surface area contributed by atoms with E-state index < -0.39 is 0 Å². The summed E-state index contributed by atoms with van der Waals surface area (Å²) in [4.78, 5) is 8.78. The van der Waals surface area contributed by atoms with Gasteiger partial charge in [-0.2, -0.15) is 0 Å². The van der Waals surface area contributed by atoms with E-state index in [1.807, 2.05) is 6.34 Å². The van der Waals surface area contributed by atoms with Crippen LogP contribution in [-0.2, 0) is 9.47 Å². The standard InChI is InChI=1S/C13H21N5O2S/c1-10-7-18(8-11(2)20-10)13-16-15-12(21-13)14-9-17-3-5-19-6-4-17/h9-11H,3-8H2,1-2H3/t10-,11-/m1/s1. The van der Waals surface area contributed by atoms with Crippen LogP contribution in [0.1, 0.15) is 13.8 Å². The normalized spacial score (nSPS) is 27.5. The molecule has 2 aliphatic heterocycles. The molecule has 8 heteroatoms. The predicted octanol–water partition coefficient (Wildman–Crippen LogP) is 1.14. The van der Waals surface area contributed by atoms with Crippen LogP contribution in [0.2, 0.25) is 0 Å². The molecule has 116 valence electrons. The van der Waals surface area contributed by atoms with Crippen molar-refractivity contribution in [2.24, 2.45) is 4.99 Å². The van der Waals surface area contributed by atoms with Gasteiger partial charge in [-0.15, -0.1) is 10.2 Å². The van der Waals surface area contributed by atoms with Crippen LogP contribution in [0, 0.1) is 0 Å². The first-order valence-corrected chi connectivity index (χ1v) is 8.12. The molecule has 21 heavy (non-hydrogen) atoms. The first-order valence-electron chi connectivity index (χ1n) is 7.30. The lowest BCUT2D eigenvalue weighted by molar-refractivity contribution is -0.00525. The number of aliphatic imine (C=N–C) groups is 1. The Morgan fingerprint density at radius 2 is 1.90 bits per heavy atom. The number of aromatic nitrogens is 2. The second-order valence-corrected chi connectivity index (χ2v) is 6.36. The summed E-state index contributed by atoms with van der Waals surface area (Å²) in [5.41, 5.74) is 0. The Morgan fingerprint density at radius 3 is 2.62 bits per heavy atom. The summed E-state index contributed by atoms with van der Waals surface area (Å²) in [7, 11) is 0. The summed E-state index contributed by atoms with van der Waals surface area (Å²) >= 11 is 1.52. The molecule has 1 aromatic heterocycles. The zero-order valence-electron chi connectivity index (χ0n) is 12.4. The smallest absolute Gasteiger partial charge is 0.234 e. The Hall–Kier alpha value is -1.25. The van der Waals surface area contributed by atoms with Gasteiger partial charge in [0.25, 0.3) is 0 Å². The highest BCUT2D eigenvalue weighted by atomic mass is 32.1. The zero-order chi connectivity index (χ0) is 14.7. The van der Waals surface area contributed by atoms with Gasteiger partial charge in [-0.1, -0.05) is 11.3 Å². The van der Waals surface area contributed by atoms with Crippen LogP contribution in [-0.4, -0.2) is 73.0 Å². The molecule has 0 aliphatic carbocycles. The fourth-order valence-electron chi connectivity index (χ4n) is 2.55. The van der Waals surface area contributed by atoms with Gasteiger partial charge in [0.2, 0.25) is 10.3 Å². The molecule has 2 fully saturated rings. The topological polar surface area (TPSA) is 63.1 Å². The Morgan fingerprint density at radius 1 is 1.19 bits per heavy atom. The highest BCUT2D eigenvalue weighted by Gasteiger charge is 2.24. The van der Waals surface area contributed by atoms with Crippen LogP contribution in [0.4, 0.5) is 10.3 Å². The Kier molecular flexibility index (Phi) is 4.67. The maximum Gasteiger partial charge on any atom is 0.234 e. The molecule has 3 heterocycles. The quantitative estimate of drug-likeness (QED) is 0.616. The zero-order valence-corrected chi connectivity index (χ0v) is 13.3. The molecular formula is C13H21N5O2S. The van der Waals surface area contributed by atoms with Crippen LogP contribution < -0.4 is 4.90 Å². The summed E-state index contributed by atoms with van der Waals surface area (Å²) in [6.45, 7) is 9.16. The number of anilines is 1. The highest BCUT2D eigenvalue weighted by Crippen LogP contribution is 2.28. The third-order valence-electron chi connectivity index (χ3n) is 3.47. The molecule has 0 bridgehead atoms. The first-order chi connectivity index (χ1) is 10.2. The molecule has 0 radical (unpaired) electrons. The van der Waals surface area contributed by atoms with Crippen LogP contribution in [0.25, 0.3) is 0 Å². The third-order valence-corrected chi connectivity index (χ3v) is 4.36. The lowest BCUT2D eigenvalue weighted by atomic mass is 10.2. The SMILES string of the molecule is C[C@@H]1CN(c2nnc(N=CN3CCOCC3)s2)C[C@@H](C)O1. The largest absolute Gasteiger partial charge is 0.378 e. The predicted molar refractivity (Wildman–Crippen MR) is 82.7 cm³/mol. The molecule has 3 rings (SSSR count). The van der Waals surface area contributed by atoms with Crippen molar-refractivity contribution >= 4 is 27.9 Å². The minimum Gasteiger partial charge on any atom is -0.378 e. The average molecular weight is 311 g/mol. The number of ether oxygens (including phenoxy) is 2. The Labute approximate surface area is 128 Å². The van der Waals surface area contributed by atoms with Gasteiger partial charge < -0.3 is 19.3 Å². The first kappa shape index (κ1) is 14.7. The van der Waals surface area contributed by atoms with Crippen molar-refractivity contribution in [3.63, 3.8) is 0 Å². The minimum atomic E-state index is 0.220. The van der Waals surface area contributed by atoms with Crippen LogP contribution in [0.3, 0.4) is 0 Å². The molecule has 0 unspecified atom stereocenters. The van der Waals surface area contributed by atoms with E-state index in [1.54, 1.807) is 0 Å². The Bertz CT molecular complexity index is 479. The van der Waals surface area contributed by atoms with Gasteiger partial charge >= 0.3 is 0 Å². The van der Waals surface area contributed by atoms with Gasteiger partial charge in [0.05, 0.1) is 31.8 Å². The number of hydrogen-bond acceptors (Lipinski definition) is 7. The van der Waals surface area contributed by atoms with Gasteiger partial charge in [-0.25, -0.2) is 4.99 Å². The van der Waals surface area contributed by atoms with Gasteiger partial charge in [-0.3, -0.25) is 0 Å². The van der Waals surface area contributed by atoms with Gasteiger partial charge in [0.1, 0.15) is 0 Å². The molecular weight excluding hydrogens is 290 g/mol. The third kappa shape index (κ3) is 3.90. The van der Waals surface area contributed by atoms with Gasteiger partial charge in [-0.05, 0) is 13.8 Å². The number of hydrogen-bond donors (Lipinski definition) is 0. The van der Waals surface area contributed by atoms with Crippen LogP contribution in [0.15, 0.2) is 4.99 Å². The molecule has 1 aromatic rings. The molecule has 2 saturated heterocycles. The maximum atomic E-state index is 5.74. The van der Waals surface area contributed by atoms with E-state index in [0.717, 1.165) is 44.5 Å². The molecule has 7 nitrogen and oxygen atoms in total. The number of nitrogens with zero attached hydrogens (tertiary/aromatic N) is 5. The molecule has 0 spiro atoms. The van der Waals surface area contributed by atoms with Crippen molar-refractivity contribution in [2.75, 3.05) is 44.3 Å². The average Bonchev–Trinajstić information content (AvgIpc) is 2.94.